The SMILES string of the molecule is CCS[C@@H]1CC(=O)N(c2ccccc2CC)C1=O. The smallest absolute Gasteiger partial charge is 0.247 e. The Balaban J connectivity index is 2.33. The highest BCUT2D eigenvalue weighted by Gasteiger charge is 2.39. The van der Waals surface area contributed by atoms with Crippen LogP contribution in [0, 0.1) is 0 Å². The summed E-state index contributed by atoms with van der Waals surface area (Å²) < 4.78 is 0. The zero-order valence-electron chi connectivity index (χ0n) is 10.7. The molecule has 4 heteroatoms. The summed E-state index contributed by atoms with van der Waals surface area (Å²) in [4.78, 5) is 25.7. The molecule has 0 bridgehead atoms. The Labute approximate surface area is 112 Å². The molecule has 0 N–H and O–H groups in total. The molecule has 1 saturated heterocycles. The van der Waals surface area contributed by atoms with E-state index in [-0.39, 0.29) is 17.1 Å². The summed E-state index contributed by atoms with van der Waals surface area (Å²) in [5, 5.41) is -0.201. The van der Waals surface area contributed by atoms with Gasteiger partial charge in [0, 0.05) is 6.42 Å². The summed E-state index contributed by atoms with van der Waals surface area (Å²) in [7, 11) is 0. The number of thioether (sulfide) groups is 1. The first kappa shape index (κ1) is 13.1. The molecule has 0 aliphatic carbocycles. The van der Waals surface area contributed by atoms with Crippen LogP contribution in [0.4, 0.5) is 5.69 Å². The second kappa shape index (κ2) is 5.57. The maximum Gasteiger partial charge on any atom is 0.247 e. The maximum atomic E-state index is 12.3. The van der Waals surface area contributed by atoms with Gasteiger partial charge in [-0.3, -0.25) is 9.59 Å². The molecular formula is C14H17NO2S. The van der Waals surface area contributed by atoms with E-state index in [0.29, 0.717) is 6.42 Å². The number of carbonyl (C=O) groups is 2. The molecule has 18 heavy (non-hydrogen) atoms. The first-order chi connectivity index (χ1) is 8.69. The van der Waals surface area contributed by atoms with Crippen LogP contribution in [0.15, 0.2) is 24.3 Å². The normalized spacial score (nSPS) is 19.7. The molecule has 1 aliphatic rings. The van der Waals surface area contributed by atoms with Crippen LogP contribution in [0.3, 0.4) is 0 Å². The molecule has 0 saturated carbocycles. The minimum atomic E-state index is -0.201. The summed E-state index contributed by atoms with van der Waals surface area (Å²) >= 11 is 1.55. The van der Waals surface area contributed by atoms with Crippen LogP contribution in [0.1, 0.15) is 25.8 Å². The highest BCUT2D eigenvalue weighted by molar-refractivity contribution is 8.00. The van der Waals surface area contributed by atoms with Crippen LogP contribution >= 0.6 is 11.8 Å². The van der Waals surface area contributed by atoms with Gasteiger partial charge in [0.15, 0.2) is 0 Å². The molecule has 1 aromatic rings. The largest absolute Gasteiger partial charge is 0.274 e. The third-order valence-corrected chi connectivity index (χ3v) is 4.19. The van der Waals surface area contributed by atoms with Gasteiger partial charge in [-0.25, -0.2) is 4.90 Å². The van der Waals surface area contributed by atoms with Crippen molar-refractivity contribution in [1.29, 1.82) is 0 Å². The molecule has 1 aliphatic heterocycles. The molecule has 0 spiro atoms. The number of hydrogen-bond donors (Lipinski definition) is 0. The van der Waals surface area contributed by atoms with E-state index >= 15 is 0 Å². The van der Waals surface area contributed by atoms with E-state index in [1.807, 2.05) is 38.1 Å². The minimum absolute atomic E-state index is 0.0623. The van der Waals surface area contributed by atoms with Crippen LogP contribution < -0.4 is 4.90 Å². The summed E-state index contributed by atoms with van der Waals surface area (Å²) in [6.45, 7) is 4.03. The third-order valence-electron chi connectivity index (χ3n) is 3.09. The lowest BCUT2D eigenvalue weighted by atomic mass is 10.1. The number of benzene rings is 1. The average molecular weight is 263 g/mol. The number of imide groups is 1. The van der Waals surface area contributed by atoms with Crippen LogP contribution in [-0.2, 0) is 16.0 Å². The molecule has 1 heterocycles. The van der Waals surface area contributed by atoms with E-state index in [9.17, 15) is 9.59 Å². The van der Waals surface area contributed by atoms with Crippen LogP contribution in [0.5, 0.6) is 0 Å². The minimum Gasteiger partial charge on any atom is -0.274 e. The van der Waals surface area contributed by atoms with Gasteiger partial charge in [0.05, 0.1) is 10.9 Å². The Bertz CT molecular complexity index is 473. The zero-order valence-corrected chi connectivity index (χ0v) is 11.5. The molecule has 0 radical (unpaired) electrons. The van der Waals surface area contributed by atoms with E-state index < -0.39 is 0 Å². The summed E-state index contributed by atoms with van der Waals surface area (Å²) in [6, 6.07) is 7.63. The molecule has 1 aromatic carbocycles. The molecular weight excluding hydrogens is 246 g/mol. The number of carbonyl (C=O) groups excluding carboxylic acids is 2. The first-order valence-corrected chi connectivity index (χ1v) is 7.30. The highest BCUT2D eigenvalue weighted by Crippen LogP contribution is 2.31. The maximum absolute atomic E-state index is 12.3. The molecule has 3 nitrogen and oxygen atoms in total. The molecule has 2 rings (SSSR count). The lowest BCUT2D eigenvalue weighted by Crippen LogP contribution is -2.32. The molecule has 2 amide bonds. The predicted octanol–water partition coefficient (Wildman–Crippen LogP) is 2.63. The van der Waals surface area contributed by atoms with Crippen molar-refractivity contribution < 1.29 is 9.59 Å². The Kier molecular flexibility index (Phi) is 4.07. The second-order valence-electron chi connectivity index (χ2n) is 4.20. The molecule has 96 valence electrons. The van der Waals surface area contributed by atoms with E-state index in [1.165, 1.54) is 4.90 Å². The van der Waals surface area contributed by atoms with Gasteiger partial charge in [0.25, 0.3) is 0 Å². The van der Waals surface area contributed by atoms with Crippen molar-refractivity contribution >= 4 is 29.3 Å². The van der Waals surface area contributed by atoms with Gasteiger partial charge in [-0.15, -0.1) is 11.8 Å². The van der Waals surface area contributed by atoms with Gasteiger partial charge in [-0.2, -0.15) is 0 Å². The number of amides is 2. The quantitative estimate of drug-likeness (QED) is 0.784. The van der Waals surface area contributed by atoms with Gasteiger partial charge >= 0.3 is 0 Å². The van der Waals surface area contributed by atoms with Crippen molar-refractivity contribution in [2.45, 2.75) is 31.9 Å². The van der Waals surface area contributed by atoms with E-state index in [1.54, 1.807) is 11.8 Å². The Morgan fingerprint density at radius 3 is 2.67 bits per heavy atom. The number of hydrogen-bond acceptors (Lipinski definition) is 3. The van der Waals surface area contributed by atoms with Gasteiger partial charge in [0.2, 0.25) is 11.8 Å². The Hall–Kier alpha value is -1.29. The molecule has 0 unspecified atom stereocenters. The van der Waals surface area contributed by atoms with Crippen molar-refractivity contribution in [2.75, 3.05) is 10.7 Å². The fourth-order valence-electron chi connectivity index (χ4n) is 2.22. The van der Waals surface area contributed by atoms with E-state index in [0.717, 1.165) is 23.4 Å². The highest BCUT2D eigenvalue weighted by atomic mass is 32.2. The van der Waals surface area contributed by atoms with E-state index in [4.69, 9.17) is 0 Å². The summed E-state index contributed by atoms with van der Waals surface area (Å²) in [5.74, 6) is 0.715. The third kappa shape index (κ3) is 2.29. The zero-order chi connectivity index (χ0) is 13.1. The monoisotopic (exact) mass is 263 g/mol. The topological polar surface area (TPSA) is 37.4 Å². The fourth-order valence-corrected chi connectivity index (χ4v) is 3.13. The number of rotatable bonds is 4. The van der Waals surface area contributed by atoms with Gasteiger partial charge < -0.3 is 0 Å². The number of para-hydroxylation sites is 1. The Morgan fingerprint density at radius 1 is 1.28 bits per heavy atom. The first-order valence-electron chi connectivity index (χ1n) is 6.25. The number of aryl methyl sites for hydroxylation is 1. The van der Waals surface area contributed by atoms with Gasteiger partial charge in [0.1, 0.15) is 0 Å². The fraction of sp³-hybridized carbons (Fsp3) is 0.429. The van der Waals surface area contributed by atoms with Crippen molar-refractivity contribution in [1.82, 2.24) is 0 Å². The van der Waals surface area contributed by atoms with Crippen molar-refractivity contribution in [3.8, 4) is 0 Å². The second-order valence-corrected chi connectivity index (χ2v) is 5.68. The van der Waals surface area contributed by atoms with Crippen LogP contribution in [0.2, 0.25) is 0 Å². The van der Waals surface area contributed by atoms with Crippen LogP contribution in [0.25, 0.3) is 0 Å². The van der Waals surface area contributed by atoms with Crippen molar-refractivity contribution in [3.05, 3.63) is 29.8 Å². The van der Waals surface area contributed by atoms with Gasteiger partial charge in [-0.1, -0.05) is 32.0 Å². The summed E-state index contributed by atoms with van der Waals surface area (Å²) in [6.07, 6.45) is 1.15. The standard InChI is InChI=1S/C14H17NO2S/c1-3-10-7-5-6-8-11(10)15-13(16)9-12(14(15)17)18-4-2/h5-8,12H,3-4,9H2,1-2H3/t12-/m1/s1. The molecule has 1 fully saturated rings. The predicted molar refractivity (Wildman–Crippen MR) is 74.9 cm³/mol. The van der Waals surface area contributed by atoms with Crippen molar-refractivity contribution in [2.24, 2.45) is 0 Å². The lowest BCUT2D eigenvalue weighted by molar-refractivity contribution is -0.121. The van der Waals surface area contributed by atoms with E-state index in [2.05, 4.69) is 0 Å². The lowest BCUT2D eigenvalue weighted by Gasteiger charge is -2.18. The van der Waals surface area contributed by atoms with Crippen LogP contribution in [-0.4, -0.2) is 22.8 Å². The Morgan fingerprint density at radius 2 is 2.00 bits per heavy atom. The van der Waals surface area contributed by atoms with Gasteiger partial charge in [-0.05, 0) is 23.8 Å². The van der Waals surface area contributed by atoms with Crippen molar-refractivity contribution in [3.63, 3.8) is 0 Å². The molecule has 1 atom stereocenters. The average Bonchev–Trinajstić information content (AvgIpc) is 2.65. The molecule has 0 aromatic heterocycles. The summed E-state index contributed by atoms with van der Waals surface area (Å²) in [5.41, 5.74) is 1.80. The number of anilines is 1. The number of nitrogens with zero attached hydrogens (tertiary/aromatic N) is 1.